The summed E-state index contributed by atoms with van der Waals surface area (Å²) in [4.78, 5) is 10.6. The van der Waals surface area contributed by atoms with Crippen molar-refractivity contribution in [2.45, 2.75) is 32.1 Å². The van der Waals surface area contributed by atoms with Gasteiger partial charge < -0.3 is 4.74 Å². The van der Waals surface area contributed by atoms with Crippen LogP contribution in [0, 0.1) is 11.8 Å². The van der Waals surface area contributed by atoms with Crippen molar-refractivity contribution in [2.24, 2.45) is 0 Å². The van der Waals surface area contributed by atoms with Crippen molar-refractivity contribution in [3.8, 4) is 11.8 Å². The maximum absolute atomic E-state index is 10.6. The molecule has 72 valence electrons. The van der Waals surface area contributed by atoms with Crippen LogP contribution >= 0.6 is 0 Å². The molecule has 0 radical (unpaired) electrons. The molecule has 0 aliphatic rings. The van der Waals surface area contributed by atoms with Gasteiger partial charge in [-0.2, -0.15) is 0 Å². The monoisotopic (exact) mass is 180 g/mol. The Balaban J connectivity index is 3.29. The molecular weight excluding hydrogens is 164 g/mol. The summed E-state index contributed by atoms with van der Waals surface area (Å²) in [6, 6.07) is 0. The van der Waals surface area contributed by atoms with Crippen molar-refractivity contribution >= 4 is 5.97 Å². The van der Waals surface area contributed by atoms with Gasteiger partial charge in [0.05, 0.1) is 13.5 Å². The molecule has 0 amide bonds. The topological polar surface area (TPSA) is 26.3 Å². The Kier molecular flexibility index (Phi) is 8.02. The number of allylic oxidation sites excluding steroid dienone is 1. The number of rotatable bonds is 5. The van der Waals surface area contributed by atoms with Crippen molar-refractivity contribution in [1.29, 1.82) is 0 Å². The molecule has 13 heavy (non-hydrogen) atoms. The highest BCUT2D eigenvalue weighted by Crippen LogP contribution is 1.94. The van der Waals surface area contributed by atoms with Gasteiger partial charge >= 0.3 is 5.97 Å². The highest BCUT2D eigenvalue weighted by molar-refractivity contribution is 5.69. The fourth-order valence-electron chi connectivity index (χ4n) is 0.778. The Hall–Kier alpha value is -1.23. The summed E-state index contributed by atoms with van der Waals surface area (Å²) in [6.45, 7) is 3.62. The van der Waals surface area contributed by atoms with Gasteiger partial charge in [-0.15, -0.1) is 18.4 Å². The van der Waals surface area contributed by atoms with Gasteiger partial charge in [0.1, 0.15) is 0 Å². The zero-order valence-electron chi connectivity index (χ0n) is 8.14. The van der Waals surface area contributed by atoms with E-state index in [9.17, 15) is 4.79 Å². The maximum atomic E-state index is 10.6. The SMILES string of the molecule is C=CCCCC#CCCC(=O)OC. The second kappa shape index (κ2) is 8.86. The highest BCUT2D eigenvalue weighted by atomic mass is 16.5. The molecule has 0 heterocycles. The predicted octanol–water partition coefficient (Wildman–Crippen LogP) is 2.30. The molecule has 0 bridgehead atoms. The van der Waals surface area contributed by atoms with Crippen molar-refractivity contribution < 1.29 is 9.53 Å². The van der Waals surface area contributed by atoms with Crippen LogP contribution in [-0.4, -0.2) is 13.1 Å². The van der Waals surface area contributed by atoms with Crippen LogP contribution in [0.2, 0.25) is 0 Å². The van der Waals surface area contributed by atoms with E-state index < -0.39 is 0 Å². The molecule has 0 atom stereocenters. The molecule has 0 aliphatic heterocycles. The average Bonchev–Trinajstić information content (AvgIpc) is 2.16. The molecule has 0 unspecified atom stereocenters. The fourth-order valence-corrected chi connectivity index (χ4v) is 0.778. The molecule has 0 spiro atoms. The van der Waals surface area contributed by atoms with Crippen LogP contribution in [0.5, 0.6) is 0 Å². The molecule has 0 aromatic carbocycles. The third-order valence-corrected chi connectivity index (χ3v) is 1.52. The van der Waals surface area contributed by atoms with E-state index in [2.05, 4.69) is 23.2 Å². The van der Waals surface area contributed by atoms with Crippen molar-refractivity contribution in [1.82, 2.24) is 0 Å². The fraction of sp³-hybridized carbons (Fsp3) is 0.545. The van der Waals surface area contributed by atoms with Gasteiger partial charge in [-0.05, 0) is 12.8 Å². The van der Waals surface area contributed by atoms with E-state index in [1.54, 1.807) is 0 Å². The van der Waals surface area contributed by atoms with Gasteiger partial charge in [-0.25, -0.2) is 0 Å². The van der Waals surface area contributed by atoms with Gasteiger partial charge in [0.15, 0.2) is 0 Å². The summed E-state index contributed by atoms with van der Waals surface area (Å²) in [5, 5.41) is 0. The highest BCUT2D eigenvalue weighted by Gasteiger charge is 1.95. The summed E-state index contributed by atoms with van der Waals surface area (Å²) in [7, 11) is 1.39. The van der Waals surface area contributed by atoms with E-state index in [0.717, 1.165) is 19.3 Å². The summed E-state index contributed by atoms with van der Waals surface area (Å²) in [5.74, 6) is 5.72. The van der Waals surface area contributed by atoms with Gasteiger partial charge in [-0.1, -0.05) is 6.08 Å². The Morgan fingerprint density at radius 3 is 2.77 bits per heavy atom. The predicted molar refractivity (Wildman–Crippen MR) is 53.1 cm³/mol. The number of carbonyl (C=O) groups is 1. The normalized spacial score (nSPS) is 8.38. The third-order valence-electron chi connectivity index (χ3n) is 1.52. The molecule has 0 aromatic rings. The number of methoxy groups -OCH3 is 1. The van der Waals surface area contributed by atoms with Gasteiger partial charge in [0.25, 0.3) is 0 Å². The second-order valence-corrected chi connectivity index (χ2v) is 2.61. The van der Waals surface area contributed by atoms with Crippen LogP contribution < -0.4 is 0 Å². The van der Waals surface area contributed by atoms with Gasteiger partial charge in [0.2, 0.25) is 0 Å². The largest absolute Gasteiger partial charge is 0.469 e. The third kappa shape index (κ3) is 8.68. The van der Waals surface area contributed by atoms with Crippen LogP contribution in [0.1, 0.15) is 32.1 Å². The lowest BCUT2D eigenvalue weighted by Gasteiger charge is -1.92. The number of esters is 1. The number of hydrogen-bond acceptors (Lipinski definition) is 2. The van der Waals surface area contributed by atoms with Crippen LogP contribution in [0.25, 0.3) is 0 Å². The average molecular weight is 180 g/mol. The minimum absolute atomic E-state index is 0.194. The van der Waals surface area contributed by atoms with E-state index in [4.69, 9.17) is 0 Å². The lowest BCUT2D eigenvalue weighted by Crippen LogP contribution is -1.98. The van der Waals surface area contributed by atoms with Crippen LogP contribution in [0.4, 0.5) is 0 Å². The quantitative estimate of drug-likeness (QED) is 0.281. The molecule has 0 saturated heterocycles. The molecule has 0 aliphatic carbocycles. The molecule has 2 heteroatoms. The van der Waals surface area contributed by atoms with Crippen molar-refractivity contribution in [3.63, 3.8) is 0 Å². The zero-order valence-corrected chi connectivity index (χ0v) is 8.14. The molecule has 0 saturated carbocycles. The van der Waals surface area contributed by atoms with E-state index >= 15 is 0 Å². The minimum Gasteiger partial charge on any atom is -0.469 e. The van der Waals surface area contributed by atoms with E-state index in [1.807, 2.05) is 6.08 Å². The summed E-state index contributed by atoms with van der Waals surface area (Å²) in [5.41, 5.74) is 0. The van der Waals surface area contributed by atoms with Crippen LogP contribution in [0.15, 0.2) is 12.7 Å². The molecule has 0 rings (SSSR count). The zero-order chi connectivity index (χ0) is 9.94. The first-order chi connectivity index (χ1) is 6.31. The minimum atomic E-state index is -0.194. The first-order valence-corrected chi connectivity index (χ1v) is 4.44. The van der Waals surface area contributed by atoms with Crippen LogP contribution in [0.3, 0.4) is 0 Å². The molecule has 2 nitrogen and oxygen atoms in total. The molecule has 0 fully saturated rings. The van der Waals surface area contributed by atoms with Crippen LogP contribution in [-0.2, 0) is 9.53 Å². The summed E-state index contributed by atoms with van der Waals surface area (Å²) >= 11 is 0. The maximum Gasteiger partial charge on any atom is 0.306 e. The standard InChI is InChI=1S/C11H16O2/c1-3-4-5-6-7-8-9-10-11(12)13-2/h3H,1,4-6,9-10H2,2H3. The Morgan fingerprint density at radius 2 is 2.15 bits per heavy atom. The van der Waals surface area contributed by atoms with Crippen molar-refractivity contribution in [3.05, 3.63) is 12.7 Å². The number of hydrogen-bond donors (Lipinski definition) is 0. The van der Waals surface area contributed by atoms with Gasteiger partial charge in [0, 0.05) is 12.8 Å². The number of ether oxygens (including phenoxy) is 1. The number of unbranched alkanes of at least 4 members (excludes halogenated alkanes) is 2. The number of carbonyl (C=O) groups excluding carboxylic acids is 1. The van der Waals surface area contributed by atoms with Crippen molar-refractivity contribution in [2.75, 3.05) is 7.11 Å². The van der Waals surface area contributed by atoms with E-state index in [-0.39, 0.29) is 5.97 Å². The lowest BCUT2D eigenvalue weighted by molar-refractivity contribution is -0.140. The summed E-state index contributed by atoms with van der Waals surface area (Å²) in [6.07, 6.45) is 5.81. The smallest absolute Gasteiger partial charge is 0.306 e. The second-order valence-electron chi connectivity index (χ2n) is 2.61. The Bertz CT molecular complexity index is 208. The van der Waals surface area contributed by atoms with Gasteiger partial charge in [-0.3, -0.25) is 4.79 Å². The first-order valence-electron chi connectivity index (χ1n) is 4.44. The Labute approximate surface area is 80.0 Å². The van der Waals surface area contributed by atoms with E-state index in [1.165, 1.54) is 7.11 Å². The molecule has 0 N–H and O–H groups in total. The van der Waals surface area contributed by atoms with E-state index in [0.29, 0.717) is 12.8 Å². The molecule has 0 aromatic heterocycles. The molecular formula is C11H16O2. The Morgan fingerprint density at radius 1 is 1.46 bits per heavy atom. The lowest BCUT2D eigenvalue weighted by atomic mass is 10.2. The first kappa shape index (κ1) is 11.8. The summed E-state index contributed by atoms with van der Waals surface area (Å²) < 4.78 is 4.48.